The van der Waals surface area contributed by atoms with E-state index in [9.17, 15) is 21.6 Å². The summed E-state index contributed by atoms with van der Waals surface area (Å²) >= 11 is 0. The van der Waals surface area contributed by atoms with E-state index in [-0.39, 0.29) is 34.2 Å². The highest BCUT2D eigenvalue weighted by atomic mass is 32.2. The van der Waals surface area contributed by atoms with Gasteiger partial charge in [0.15, 0.2) is 12.4 Å². The van der Waals surface area contributed by atoms with E-state index < -0.39 is 22.8 Å². The lowest BCUT2D eigenvalue weighted by Gasteiger charge is -2.21. The minimum atomic E-state index is -4.54. The van der Waals surface area contributed by atoms with Crippen molar-refractivity contribution in [3.05, 3.63) is 29.9 Å². The molecule has 0 saturated carbocycles. The molecule has 1 fully saturated rings. The number of nitrogens with one attached hydrogen (secondary N) is 1. The first-order valence-electron chi connectivity index (χ1n) is 10.8. The first kappa shape index (κ1) is 25.3. The Morgan fingerprint density at radius 3 is 2.36 bits per heavy atom. The molecule has 0 spiro atoms. The van der Waals surface area contributed by atoms with Gasteiger partial charge in [0.2, 0.25) is 15.9 Å². The van der Waals surface area contributed by atoms with Crippen molar-refractivity contribution in [2.75, 3.05) is 25.0 Å². The molecule has 1 aromatic carbocycles. The van der Waals surface area contributed by atoms with Gasteiger partial charge in [0.05, 0.1) is 17.1 Å². The van der Waals surface area contributed by atoms with E-state index in [1.165, 1.54) is 22.5 Å². The quantitative estimate of drug-likeness (QED) is 0.611. The van der Waals surface area contributed by atoms with E-state index in [0.717, 1.165) is 25.7 Å². The smallest absolute Gasteiger partial charge is 0.422 e. The van der Waals surface area contributed by atoms with E-state index in [0.29, 0.717) is 18.9 Å². The standard InChI is InChI=1S/C21H29F3N4O4S/c1-20(2,3)19-26-18(32-27-19)13-25-16-12-15(8-9-17(16)31-14-21(22,23)24)33(29,30)28-10-6-4-5-7-11-28/h8-9,12,25H,4-7,10-11,13-14H2,1-3H3. The molecule has 3 rings (SSSR count). The molecule has 1 N–H and O–H groups in total. The average molecular weight is 491 g/mol. The number of aromatic nitrogens is 2. The van der Waals surface area contributed by atoms with Crippen LogP contribution in [0, 0.1) is 0 Å². The van der Waals surface area contributed by atoms with Gasteiger partial charge in [-0.3, -0.25) is 0 Å². The summed E-state index contributed by atoms with van der Waals surface area (Å²) in [6.45, 7) is 5.04. The topological polar surface area (TPSA) is 97.6 Å². The first-order valence-corrected chi connectivity index (χ1v) is 12.2. The van der Waals surface area contributed by atoms with Gasteiger partial charge in [0.1, 0.15) is 5.75 Å². The maximum absolute atomic E-state index is 13.1. The third-order valence-electron chi connectivity index (χ3n) is 5.11. The minimum Gasteiger partial charge on any atom is -0.482 e. The lowest BCUT2D eigenvalue weighted by molar-refractivity contribution is -0.153. The zero-order valence-electron chi connectivity index (χ0n) is 18.9. The molecule has 2 aromatic rings. The minimum absolute atomic E-state index is 0.0152. The second-order valence-corrected chi connectivity index (χ2v) is 10.9. The highest BCUT2D eigenvalue weighted by Gasteiger charge is 2.30. The number of sulfonamides is 1. The van der Waals surface area contributed by atoms with Crippen LogP contribution in [0.25, 0.3) is 0 Å². The van der Waals surface area contributed by atoms with Crippen molar-refractivity contribution in [2.45, 2.75) is 69.5 Å². The maximum Gasteiger partial charge on any atom is 0.422 e. The van der Waals surface area contributed by atoms with Crippen molar-refractivity contribution in [1.82, 2.24) is 14.4 Å². The Morgan fingerprint density at radius 1 is 1.12 bits per heavy atom. The molecule has 8 nitrogen and oxygen atoms in total. The van der Waals surface area contributed by atoms with E-state index in [1.54, 1.807) is 0 Å². The molecule has 33 heavy (non-hydrogen) atoms. The SMILES string of the molecule is CC(C)(C)c1noc(CNc2cc(S(=O)(=O)N3CCCCCC3)ccc2OCC(F)(F)F)n1. The lowest BCUT2D eigenvalue weighted by Crippen LogP contribution is -2.32. The highest BCUT2D eigenvalue weighted by Crippen LogP contribution is 2.32. The fourth-order valence-corrected chi connectivity index (χ4v) is 4.87. The summed E-state index contributed by atoms with van der Waals surface area (Å²) in [5, 5.41) is 6.80. The summed E-state index contributed by atoms with van der Waals surface area (Å²) in [7, 11) is -3.80. The van der Waals surface area contributed by atoms with Gasteiger partial charge in [-0.1, -0.05) is 38.8 Å². The number of alkyl halides is 3. The van der Waals surface area contributed by atoms with Crippen LogP contribution in [-0.2, 0) is 22.0 Å². The van der Waals surface area contributed by atoms with Crippen molar-refractivity contribution in [1.29, 1.82) is 0 Å². The third kappa shape index (κ3) is 6.83. The van der Waals surface area contributed by atoms with Gasteiger partial charge < -0.3 is 14.6 Å². The van der Waals surface area contributed by atoms with Crippen molar-refractivity contribution < 1.29 is 30.8 Å². The van der Waals surface area contributed by atoms with Crippen LogP contribution >= 0.6 is 0 Å². The Bertz CT molecular complexity index is 1040. The van der Waals surface area contributed by atoms with Gasteiger partial charge in [-0.05, 0) is 31.0 Å². The van der Waals surface area contributed by atoms with Crippen LogP contribution in [0.5, 0.6) is 5.75 Å². The highest BCUT2D eigenvalue weighted by molar-refractivity contribution is 7.89. The third-order valence-corrected chi connectivity index (χ3v) is 7.01. The van der Waals surface area contributed by atoms with Crippen LogP contribution in [-0.4, -0.2) is 48.7 Å². The molecular weight excluding hydrogens is 461 g/mol. The molecule has 0 aliphatic carbocycles. The maximum atomic E-state index is 13.1. The van der Waals surface area contributed by atoms with Crippen LogP contribution < -0.4 is 10.1 Å². The lowest BCUT2D eigenvalue weighted by atomic mass is 9.96. The first-order chi connectivity index (χ1) is 15.4. The number of rotatable bonds is 7. The zero-order chi connectivity index (χ0) is 24.3. The van der Waals surface area contributed by atoms with Crippen molar-refractivity contribution in [3.63, 3.8) is 0 Å². The number of ether oxygens (including phenoxy) is 1. The van der Waals surface area contributed by atoms with Gasteiger partial charge in [0.25, 0.3) is 0 Å². The van der Waals surface area contributed by atoms with Crippen molar-refractivity contribution >= 4 is 15.7 Å². The number of anilines is 1. The average Bonchev–Trinajstić information content (AvgIpc) is 3.04. The second kappa shape index (κ2) is 9.88. The second-order valence-electron chi connectivity index (χ2n) is 9.00. The van der Waals surface area contributed by atoms with Crippen LogP contribution in [0.1, 0.15) is 58.2 Å². The molecule has 1 aromatic heterocycles. The molecule has 1 saturated heterocycles. The Labute approximate surface area is 191 Å². The summed E-state index contributed by atoms with van der Waals surface area (Å²) in [5.41, 5.74) is -0.255. The number of benzene rings is 1. The monoisotopic (exact) mass is 490 g/mol. The van der Waals surface area contributed by atoms with E-state index in [1.807, 2.05) is 20.8 Å². The summed E-state index contributed by atoms with van der Waals surface area (Å²) in [6.07, 6.45) is -1.08. The number of hydrogen-bond donors (Lipinski definition) is 1. The van der Waals surface area contributed by atoms with Gasteiger partial charge in [0, 0.05) is 18.5 Å². The Hall–Kier alpha value is -2.34. The number of hydrogen-bond acceptors (Lipinski definition) is 7. The van der Waals surface area contributed by atoms with Crippen LogP contribution in [0.2, 0.25) is 0 Å². The van der Waals surface area contributed by atoms with E-state index in [4.69, 9.17) is 9.26 Å². The van der Waals surface area contributed by atoms with Crippen LogP contribution in [0.4, 0.5) is 18.9 Å². The van der Waals surface area contributed by atoms with E-state index in [2.05, 4.69) is 15.5 Å². The molecule has 0 bridgehead atoms. The molecule has 12 heteroatoms. The number of nitrogens with zero attached hydrogens (tertiary/aromatic N) is 3. The summed E-state index contributed by atoms with van der Waals surface area (Å²) in [4.78, 5) is 4.26. The fraction of sp³-hybridized carbons (Fsp3) is 0.619. The van der Waals surface area contributed by atoms with Gasteiger partial charge in [-0.2, -0.15) is 22.5 Å². The van der Waals surface area contributed by atoms with Crippen LogP contribution in [0.15, 0.2) is 27.6 Å². The van der Waals surface area contributed by atoms with Crippen molar-refractivity contribution in [3.8, 4) is 5.75 Å². The predicted octanol–water partition coefficient (Wildman–Crippen LogP) is 4.49. The molecule has 0 unspecified atom stereocenters. The normalized spacial score (nSPS) is 16.4. The van der Waals surface area contributed by atoms with Gasteiger partial charge in [-0.25, -0.2) is 8.42 Å². The Balaban J connectivity index is 1.86. The molecule has 1 aliphatic rings. The summed E-state index contributed by atoms with van der Waals surface area (Å²) in [5.74, 6) is 0.561. The van der Waals surface area contributed by atoms with Gasteiger partial charge >= 0.3 is 6.18 Å². The predicted molar refractivity (Wildman–Crippen MR) is 116 cm³/mol. The number of halogens is 3. The molecule has 1 aliphatic heterocycles. The molecule has 184 valence electrons. The molecule has 0 radical (unpaired) electrons. The summed E-state index contributed by atoms with van der Waals surface area (Å²) in [6, 6.07) is 3.78. The zero-order valence-corrected chi connectivity index (χ0v) is 19.7. The largest absolute Gasteiger partial charge is 0.482 e. The molecule has 0 atom stereocenters. The van der Waals surface area contributed by atoms with Crippen molar-refractivity contribution in [2.24, 2.45) is 0 Å². The van der Waals surface area contributed by atoms with Crippen LogP contribution in [0.3, 0.4) is 0 Å². The molecule has 2 heterocycles. The summed E-state index contributed by atoms with van der Waals surface area (Å²) < 4.78 is 76.0. The van der Waals surface area contributed by atoms with E-state index >= 15 is 0 Å². The van der Waals surface area contributed by atoms with Gasteiger partial charge in [-0.15, -0.1) is 0 Å². The molecule has 0 amide bonds. The molecular formula is C21H29F3N4O4S. The Morgan fingerprint density at radius 2 is 1.79 bits per heavy atom. The fourth-order valence-electron chi connectivity index (χ4n) is 3.33. The Kier molecular flexibility index (Phi) is 7.57.